The first-order valence-corrected chi connectivity index (χ1v) is 4.92. The molecule has 0 bridgehead atoms. The van der Waals surface area contributed by atoms with E-state index in [0.717, 1.165) is 11.3 Å². The van der Waals surface area contributed by atoms with E-state index in [1.54, 1.807) is 6.20 Å². The van der Waals surface area contributed by atoms with Crippen molar-refractivity contribution in [3.63, 3.8) is 0 Å². The van der Waals surface area contributed by atoms with Gasteiger partial charge >= 0.3 is 0 Å². The van der Waals surface area contributed by atoms with Gasteiger partial charge < -0.3 is 4.74 Å². The molecule has 0 aliphatic rings. The number of aromatic nitrogens is 1. The molecule has 0 saturated heterocycles. The minimum Gasteiger partial charge on any atom is -0.439 e. The molecule has 1 heterocycles. The molecule has 0 radical (unpaired) electrons. The highest BCUT2D eigenvalue weighted by molar-refractivity contribution is 5.38. The summed E-state index contributed by atoms with van der Waals surface area (Å²) >= 11 is 0. The molecule has 0 N–H and O–H groups in total. The average Bonchev–Trinajstić information content (AvgIpc) is 2.25. The second-order valence-electron chi connectivity index (χ2n) is 3.54. The van der Waals surface area contributed by atoms with Crippen LogP contribution in [0.15, 0.2) is 42.6 Å². The molecule has 0 atom stereocenters. The van der Waals surface area contributed by atoms with Gasteiger partial charge in [-0.15, -0.1) is 0 Å². The summed E-state index contributed by atoms with van der Waals surface area (Å²) in [4.78, 5) is 4.12. The summed E-state index contributed by atoms with van der Waals surface area (Å²) in [5, 5.41) is 0. The molecule has 2 heteroatoms. The van der Waals surface area contributed by atoms with E-state index in [9.17, 15) is 0 Å². The second-order valence-corrected chi connectivity index (χ2v) is 3.54. The van der Waals surface area contributed by atoms with Crippen LogP contribution in [-0.4, -0.2) is 4.98 Å². The van der Waals surface area contributed by atoms with Crippen LogP contribution in [0, 0.1) is 13.8 Å². The number of pyridine rings is 1. The van der Waals surface area contributed by atoms with Gasteiger partial charge in [-0.2, -0.15) is 0 Å². The van der Waals surface area contributed by atoms with E-state index < -0.39 is 0 Å². The average molecular weight is 199 g/mol. The highest BCUT2D eigenvalue weighted by Crippen LogP contribution is 2.24. The lowest BCUT2D eigenvalue weighted by Crippen LogP contribution is -1.90. The fourth-order valence-corrected chi connectivity index (χ4v) is 1.34. The molecule has 0 aliphatic heterocycles. The quantitative estimate of drug-likeness (QED) is 0.738. The van der Waals surface area contributed by atoms with Crippen LogP contribution in [0.5, 0.6) is 11.6 Å². The first-order chi connectivity index (χ1) is 7.25. The van der Waals surface area contributed by atoms with Gasteiger partial charge in [0.2, 0.25) is 5.88 Å². The maximum absolute atomic E-state index is 5.68. The third kappa shape index (κ3) is 2.34. The van der Waals surface area contributed by atoms with Gasteiger partial charge in [-0.1, -0.05) is 18.2 Å². The highest BCUT2D eigenvalue weighted by Gasteiger charge is 2.01. The van der Waals surface area contributed by atoms with Gasteiger partial charge in [-0.05, 0) is 37.1 Å². The third-order valence-corrected chi connectivity index (χ3v) is 2.20. The van der Waals surface area contributed by atoms with Gasteiger partial charge in [0.25, 0.3) is 0 Å². The highest BCUT2D eigenvalue weighted by atomic mass is 16.5. The zero-order chi connectivity index (χ0) is 10.7. The Kier molecular flexibility index (Phi) is 2.68. The van der Waals surface area contributed by atoms with E-state index in [0.29, 0.717) is 5.88 Å². The number of hydrogen-bond donors (Lipinski definition) is 0. The number of hydrogen-bond acceptors (Lipinski definition) is 2. The van der Waals surface area contributed by atoms with Gasteiger partial charge in [0.15, 0.2) is 0 Å². The Morgan fingerprint density at radius 2 is 1.93 bits per heavy atom. The Labute approximate surface area is 89.6 Å². The van der Waals surface area contributed by atoms with Crippen molar-refractivity contribution in [3.05, 3.63) is 53.7 Å². The van der Waals surface area contributed by atoms with Gasteiger partial charge in [0.05, 0.1) is 0 Å². The van der Waals surface area contributed by atoms with Crippen LogP contribution in [0.1, 0.15) is 11.1 Å². The molecule has 1 aromatic heterocycles. The van der Waals surface area contributed by atoms with E-state index in [1.165, 1.54) is 5.56 Å². The van der Waals surface area contributed by atoms with E-state index in [4.69, 9.17) is 4.74 Å². The lowest BCUT2D eigenvalue weighted by atomic mass is 10.1. The van der Waals surface area contributed by atoms with Gasteiger partial charge in [-0.3, -0.25) is 0 Å². The molecule has 1 aromatic carbocycles. The molecule has 0 unspecified atom stereocenters. The standard InChI is InChI=1S/C13H13NO/c1-10-6-7-11(2)12(9-10)15-13-5-3-4-8-14-13/h3-9H,1-2H3. The number of aryl methyl sites for hydroxylation is 2. The SMILES string of the molecule is Cc1ccc(C)c(Oc2ccccn2)c1. The lowest BCUT2D eigenvalue weighted by molar-refractivity contribution is 0.459. The summed E-state index contributed by atoms with van der Waals surface area (Å²) in [6, 6.07) is 11.8. The van der Waals surface area contributed by atoms with Gasteiger partial charge in [-0.25, -0.2) is 4.98 Å². The van der Waals surface area contributed by atoms with Crippen molar-refractivity contribution < 1.29 is 4.74 Å². The summed E-state index contributed by atoms with van der Waals surface area (Å²) in [5.41, 5.74) is 2.30. The summed E-state index contributed by atoms with van der Waals surface area (Å²) in [6.45, 7) is 4.07. The van der Waals surface area contributed by atoms with Crippen LogP contribution in [0.3, 0.4) is 0 Å². The molecule has 2 nitrogen and oxygen atoms in total. The second kappa shape index (κ2) is 4.13. The predicted octanol–water partition coefficient (Wildman–Crippen LogP) is 3.49. The maximum Gasteiger partial charge on any atom is 0.219 e. The van der Waals surface area contributed by atoms with Crippen molar-refractivity contribution in [2.75, 3.05) is 0 Å². The monoisotopic (exact) mass is 199 g/mol. The zero-order valence-corrected chi connectivity index (χ0v) is 8.90. The summed E-state index contributed by atoms with van der Waals surface area (Å²) < 4.78 is 5.68. The maximum atomic E-state index is 5.68. The minimum atomic E-state index is 0.631. The molecule has 0 spiro atoms. The molecule has 0 fully saturated rings. The van der Waals surface area contributed by atoms with E-state index in [2.05, 4.69) is 11.1 Å². The van der Waals surface area contributed by atoms with Crippen molar-refractivity contribution in [2.24, 2.45) is 0 Å². The molecular weight excluding hydrogens is 186 g/mol. The number of nitrogens with zero attached hydrogens (tertiary/aromatic N) is 1. The van der Waals surface area contributed by atoms with Gasteiger partial charge in [0.1, 0.15) is 5.75 Å². The number of ether oxygens (including phenoxy) is 1. The fourth-order valence-electron chi connectivity index (χ4n) is 1.34. The van der Waals surface area contributed by atoms with Crippen molar-refractivity contribution >= 4 is 0 Å². The Bertz CT molecular complexity index is 451. The predicted molar refractivity (Wildman–Crippen MR) is 60.2 cm³/mol. The van der Waals surface area contributed by atoms with Gasteiger partial charge in [0, 0.05) is 12.3 Å². The number of benzene rings is 1. The Morgan fingerprint density at radius 1 is 1.07 bits per heavy atom. The fraction of sp³-hybridized carbons (Fsp3) is 0.154. The largest absolute Gasteiger partial charge is 0.439 e. The third-order valence-electron chi connectivity index (χ3n) is 2.20. The molecule has 0 aliphatic carbocycles. The normalized spacial score (nSPS) is 10.0. The van der Waals surface area contributed by atoms with Crippen LogP contribution in [-0.2, 0) is 0 Å². The smallest absolute Gasteiger partial charge is 0.219 e. The molecule has 2 aromatic rings. The summed E-state index contributed by atoms with van der Waals surface area (Å²) in [5.74, 6) is 1.50. The Balaban J connectivity index is 2.28. The van der Waals surface area contributed by atoms with Crippen molar-refractivity contribution in [1.82, 2.24) is 4.98 Å². The first-order valence-electron chi connectivity index (χ1n) is 4.92. The molecule has 2 rings (SSSR count). The van der Waals surface area contributed by atoms with Crippen LogP contribution < -0.4 is 4.74 Å². The van der Waals surface area contributed by atoms with Crippen molar-refractivity contribution in [2.45, 2.75) is 13.8 Å². The minimum absolute atomic E-state index is 0.631. The van der Waals surface area contributed by atoms with Crippen molar-refractivity contribution in [3.8, 4) is 11.6 Å². The van der Waals surface area contributed by atoms with Crippen molar-refractivity contribution in [1.29, 1.82) is 0 Å². The van der Waals surface area contributed by atoms with E-state index >= 15 is 0 Å². The molecule has 15 heavy (non-hydrogen) atoms. The molecule has 0 saturated carbocycles. The first kappa shape index (κ1) is 9.71. The number of rotatable bonds is 2. The topological polar surface area (TPSA) is 22.1 Å². The lowest BCUT2D eigenvalue weighted by Gasteiger charge is -2.07. The zero-order valence-electron chi connectivity index (χ0n) is 8.90. The Morgan fingerprint density at radius 3 is 2.67 bits per heavy atom. The van der Waals surface area contributed by atoms with Crippen LogP contribution >= 0.6 is 0 Å². The van der Waals surface area contributed by atoms with E-state index in [-0.39, 0.29) is 0 Å². The summed E-state index contributed by atoms with van der Waals surface area (Å²) in [6.07, 6.45) is 1.72. The molecule has 76 valence electrons. The van der Waals surface area contributed by atoms with E-state index in [1.807, 2.05) is 44.2 Å². The van der Waals surface area contributed by atoms with Crippen LogP contribution in [0.25, 0.3) is 0 Å². The van der Waals surface area contributed by atoms with Crippen LogP contribution in [0.2, 0.25) is 0 Å². The molecular formula is C13H13NO. The summed E-state index contributed by atoms with van der Waals surface area (Å²) in [7, 11) is 0. The van der Waals surface area contributed by atoms with Crippen LogP contribution in [0.4, 0.5) is 0 Å². The molecule has 0 amide bonds. The Hall–Kier alpha value is -1.83.